The topological polar surface area (TPSA) is 117 Å². The third-order valence-corrected chi connectivity index (χ3v) is 6.25. The molecule has 10 heteroatoms. The van der Waals surface area contributed by atoms with E-state index < -0.39 is 11.9 Å². The van der Waals surface area contributed by atoms with E-state index in [1.54, 1.807) is 67.7 Å². The zero-order valence-electron chi connectivity index (χ0n) is 22.2. The summed E-state index contributed by atoms with van der Waals surface area (Å²) in [5.74, 6) is -0.149. The molecule has 4 heterocycles. The maximum atomic E-state index is 13.5. The highest BCUT2D eigenvalue weighted by atomic mass is 16.5. The van der Waals surface area contributed by atoms with Crippen LogP contribution < -0.4 is 15.8 Å². The molecule has 0 saturated carbocycles. The van der Waals surface area contributed by atoms with Crippen molar-refractivity contribution >= 4 is 28.6 Å². The van der Waals surface area contributed by atoms with Gasteiger partial charge in [-0.05, 0) is 67.9 Å². The summed E-state index contributed by atoms with van der Waals surface area (Å²) in [6.07, 6.45) is 5.05. The third-order valence-electron chi connectivity index (χ3n) is 6.25. The van der Waals surface area contributed by atoms with Crippen molar-refractivity contribution < 1.29 is 23.5 Å². The predicted octanol–water partition coefficient (Wildman–Crippen LogP) is 4.39. The largest absolute Gasteiger partial charge is 0.494 e. The van der Waals surface area contributed by atoms with Crippen LogP contribution in [0.4, 0.5) is 0 Å². The first-order chi connectivity index (χ1) is 19.5. The number of benzene rings is 1. The van der Waals surface area contributed by atoms with Crippen LogP contribution in [0.15, 0.2) is 87.3 Å². The van der Waals surface area contributed by atoms with Crippen LogP contribution in [0.2, 0.25) is 0 Å². The van der Waals surface area contributed by atoms with Gasteiger partial charge in [0, 0.05) is 11.8 Å². The second kappa shape index (κ2) is 11.8. The minimum Gasteiger partial charge on any atom is -0.494 e. The van der Waals surface area contributed by atoms with Gasteiger partial charge in [0.25, 0.3) is 11.5 Å². The van der Waals surface area contributed by atoms with Gasteiger partial charge in [0.2, 0.25) is 0 Å². The van der Waals surface area contributed by atoms with Crippen molar-refractivity contribution in [3.8, 4) is 5.75 Å². The Labute approximate surface area is 229 Å². The number of nitrogens with zero attached hydrogens (tertiary/aromatic N) is 4. The van der Waals surface area contributed by atoms with Crippen LogP contribution in [0, 0.1) is 0 Å². The summed E-state index contributed by atoms with van der Waals surface area (Å²) in [4.78, 5) is 49.1. The zero-order chi connectivity index (χ0) is 28.1. The Balaban J connectivity index is 1.74. The summed E-state index contributed by atoms with van der Waals surface area (Å²) < 4.78 is 19.5. The minimum absolute atomic E-state index is 0.00260. The molecule has 5 aromatic rings. The Hall–Kier alpha value is -4.99. The number of ether oxygens (including phenoxy) is 2. The van der Waals surface area contributed by atoms with Crippen LogP contribution in [0.3, 0.4) is 0 Å². The number of rotatable bonds is 9. The van der Waals surface area contributed by atoms with Crippen LogP contribution >= 0.6 is 0 Å². The molecule has 0 radical (unpaired) electrons. The normalized spacial score (nSPS) is 11.7. The van der Waals surface area contributed by atoms with Crippen molar-refractivity contribution in [1.82, 2.24) is 14.0 Å². The maximum absolute atomic E-state index is 13.5. The predicted molar refractivity (Wildman–Crippen MR) is 147 cm³/mol. The van der Waals surface area contributed by atoms with Crippen LogP contribution in [0.1, 0.15) is 53.2 Å². The molecule has 204 valence electrons. The summed E-state index contributed by atoms with van der Waals surface area (Å²) in [7, 11) is 0. The standard InChI is InChI=1S/C30H28N4O6/c1-3-5-16-39-21-13-11-20(12-14-21)28(35)32-27-24(30(37)38-4-2)18-23-26(34(27)19-22-9-8-17-40-22)31-25-10-6-7-15-33(25)29(23)36/h6-15,17-18H,3-5,16,19H2,1-2H3. The van der Waals surface area contributed by atoms with Gasteiger partial charge < -0.3 is 18.5 Å². The number of hydrogen-bond donors (Lipinski definition) is 0. The maximum Gasteiger partial charge on any atom is 0.341 e. The second-order valence-electron chi connectivity index (χ2n) is 8.99. The van der Waals surface area contributed by atoms with Gasteiger partial charge in [-0.1, -0.05) is 19.4 Å². The Morgan fingerprint density at radius 1 is 1.05 bits per heavy atom. The Kier molecular flexibility index (Phi) is 7.86. The van der Waals surface area contributed by atoms with E-state index in [2.05, 4.69) is 11.9 Å². The highest BCUT2D eigenvalue weighted by Crippen LogP contribution is 2.16. The minimum atomic E-state index is -0.721. The number of amides is 1. The molecule has 0 fully saturated rings. The van der Waals surface area contributed by atoms with E-state index in [1.807, 2.05) is 0 Å². The first kappa shape index (κ1) is 26.6. The quantitative estimate of drug-likeness (QED) is 0.155. The molecule has 0 bridgehead atoms. The van der Waals surface area contributed by atoms with E-state index in [-0.39, 0.29) is 40.8 Å². The molecule has 0 unspecified atom stereocenters. The van der Waals surface area contributed by atoms with Crippen molar-refractivity contribution in [2.75, 3.05) is 13.2 Å². The van der Waals surface area contributed by atoms with Crippen LogP contribution in [0.25, 0.3) is 16.7 Å². The molecule has 0 aliphatic carbocycles. The van der Waals surface area contributed by atoms with E-state index in [1.165, 1.54) is 21.3 Å². The molecule has 0 aliphatic heterocycles. The van der Waals surface area contributed by atoms with E-state index in [0.717, 1.165) is 12.8 Å². The van der Waals surface area contributed by atoms with Gasteiger partial charge in [-0.3, -0.25) is 14.0 Å². The van der Waals surface area contributed by atoms with Crippen molar-refractivity contribution in [1.29, 1.82) is 0 Å². The van der Waals surface area contributed by atoms with Crippen molar-refractivity contribution in [2.24, 2.45) is 4.99 Å². The van der Waals surface area contributed by atoms with Crippen molar-refractivity contribution in [2.45, 2.75) is 33.2 Å². The van der Waals surface area contributed by atoms with Crippen LogP contribution in [-0.4, -0.2) is 39.0 Å². The lowest BCUT2D eigenvalue weighted by Gasteiger charge is -2.14. The number of pyridine rings is 2. The highest BCUT2D eigenvalue weighted by molar-refractivity contribution is 5.97. The number of carbonyl (C=O) groups excluding carboxylic acids is 2. The Bertz CT molecular complexity index is 1800. The lowest BCUT2D eigenvalue weighted by molar-refractivity contribution is 0.0523. The molecular weight excluding hydrogens is 512 g/mol. The number of fused-ring (bicyclic) bond motifs is 2. The van der Waals surface area contributed by atoms with Crippen LogP contribution in [-0.2, 0) is 11.3 Å². The second-order valence-corrected chi connectivity index (χ2v) is 8.99. The van der Waals surface area contributed by atoms with Gasteiger partial charge in [0.05, 0.1) is 31.4 Å². The van der Waals surface area contributed by atoms with E-state index in [0.29, 0.717) is 29.3 Å². The lowest BCUT2D eigenvalue weighted by atomic mass is 10.2. The van der Waals surface area contributed by atoms with Crippen molar-refractivity contribution in [3.63, 3.8) is 0 Å². The summed E-state index contributed by atoms with van der Waals surface area (Å²) in [6.45, 7) is 4.49. The summed E-state index contributed by atoms with van der Waals surface area (Å²) in [5, 5.41) is 0.165. The molecule has 1 amide bonds. The SMILES string of the molecule is CCCCOc1ccc(C(=O)N=c2c(C(=O)OCC)cc3c(=O)n4ccccc4nc3n2Cc2ccco2)cc1. The molecule has 10 nitrogen and oxygen atoms in total. The average molecular weight is 541 g/mol. The van der Waals surface area contributed by atoms with Crippen molar-refractivity contribution in [3.05, 3.63) is 106 Å². The molecular formula is C30H28N4O6. The average Bonchev–Trinajstić information content (AvgIpc) is 3.48. The summed E-state index contributed by atoms with van der Waals surface area (Å²) in [5.41, 5.74) is 0.524. The fraction of sp³-hybridized carbons (Fsp3) is 0.233. The number of unbranched alkanes of at least 4 members (excludes halogenated alkanes) is 1. The van der Waals surface area contributed by atoms with E-state index in [9.17, 15) is 14.4 Å². The van der Waals surface area contributed by atoms with Gasteiger partial charge in [-0.25, -0.2) is 9.78 Å². The fourth-order valence-electron chi connectivity index (χ4n) is 4.25. The van der Waals surface area contributed by atoms with Gasteiger partial charge in [0.1, 0.15) is 28.4 Å². The number of furan rings is 1. The van der Waals surface area contributed by atoms with Gasteiger partial charge in [0.15, 0.2) is 5.49 Å². The lowest BCUT2D eigenvalue weighted by Crippen LogP contribution is -2.33. The van der Waals surface area contributed by atoms with Gasteiger partial charge in [-0.15, -0.1) is 0 Å². The summed E-state index contributed by atoms with van der Waals surface area (Å²) in [6, 6.07) is 16.7. The number of hydrogen-bond acceptors (Lipinski definition) is 7. The molecule has 0 atom stereocenters. The van der Waals surface area contributed by atoms with Crippen LogP contribution in [0.5, 0.6) is 5.75 Å². The molecule has 1 aromatic carbocycles. The number of aromatic nitrogens is 3. The monoisotopic (exact) mass is 540 g/mol. The number of esters is 1. The van der Waals surface area contributed by atoms with E-state index in [4.69, 9.17) is 18.9 Å². The zero-order valence-corrected chi connectivity index (χ0v) is 22.2. The van der Waals surface area contributed by atoms with E-state index >= 15 is 0 Å². The molecule has 0 aliphatic rings. The Morgan fingerprint density at radius 3 is 2.60 bits per heavy atom. The Morgan fingerprint density at radius 2 is 1.88 bits per heavy atom. The molecule has 4 aromatic heterocycles. The fourth-order valence-corrected chi connectivity index (χ4v) is 4.25. The molecule has 0 saturated heterocycles. The third kappa shape index (κ3) is 5.42. The molecule has 40 heavy (non-hydrogen) atoms. The number of carbonyl (C=O) groups is 2. The van der Waals surface area contributed by atoms with Gasteiger partial charge in [-0.2, -0.15) is 4.99 Å². The molecule has 0 spiro atoms. The van der Waals surface area contributed by atoms with Gasteiger partial charge >= 0.3 is 5.97 Å². The first-order valence-electron chi connectivity index (χ1n) is 13.1. The highest BCUT2D eigenvalue weighted by Gasteiger charge is 2.21. The molecule has 0 N–H and O–H groups in total. The molecule has 5 rings (SSSR count). The summed E-state index contributed by atoms with van der Waals surface area (Å²) >= 11 is 0. The smallest absolute Gasteiger partial charge is 0.341 e. The first-order valence-corrected chi connectivity index (χ1v) is 13.1.